The van der Waals surface area contributed by atoms with Crippen LogP contribution < -0.4 is 5.32 Å². The number of alkyl carbamates (subject to hydrolysis) is 1. The minimum Gasteiger partial charge on any atom is -0.441 e. The number of thioether (sulfide) groups is 1. The van der Waals surface area contributed by atoms with Crippen LogP contribution in [0, 0.1) is 5.92 Å². The van der Waals surface area contributed by atoms with Gasteiger partial charge in [-0.2, -0.15) is 11.8 Å². The largest absolute Gasteiger partial charge is 0.441 e. The summed E-state index contributed by atoms with van der Waals surface area (Å²) < 4.78 is 5.33. The normalized spacial score (nSPS) is 35.6. The Labute approximate surface area is 82.6 Å². The average Bonchev–Trinajstić information content (AvgIpc) is 2.49. The number of rotatable bonds is 1. The lowest BCUT2D eigenvalue weighted by molar-refractivity contribution is 0.0182. The molecule has 0 saturated carbocycles. The predicted molar refractivity (Wildman–Crippen MR) is 52.9 cm³/mol. The number of hydrogen-bond donors (Lipinski definition) is 1. The van der Waals surface area contributed by atoms with Gasteiger partial charge in [0.05, 0.1) is 6.54 Å². The molecule has 2 heterocycles. The van der Waals surface area contributed by atoms with Gasteiger partial charge in [0.1, 0.15) is 5.60 Å². The van der Waals surface area contributed by atoms with Crippen LogP contribution in [-0.2, 0) is 4.74 Å². The molecule has 1 unspecified atom stereocenters. The standard InChI is InChI=1S/C9H15NO2S/c1-9(6-10-8(11)12-9)7-2-4-13-5-3-7/h7H,2-6H2,1H3,(H,10,11). The Morgan fingerprint density at radius 1 is 1.54 bits per heavy atom. The molecule has 4 heteroatoms. The fraction of sp³-hybridized carbons (Fsp3) is 0.889. The van der Waals surface area contributed by atoms with Crippen LogP contribution in [0.4, 0.5) is 4.79 Å². The molecule has 1 N–H and O–H groups in total. The highest BCUT2D eigenvalue weighted by Gasteiger charge is 2.42. The van der Waals surface area contributed by atoms with Crippen LogP contribution >= 0.6 is 11.8 Å². The SMILES string of the molecule is CC1(C2CCSCC2)CNC(=O)O1. The Hall–Kier alpha value is -0.380. The van der Waals surface area contributed by atoms with Crippen molar-refractivity contribution in [2.45, 2.75) is 25.4 Å². The van der Waals surface area contributed by atoms with E-state index in [4.69, 9.17) is 4.74 Å². The van der Waals surface area contributed by atoms with Gasteiger partial charge < -0.3 is 10.1 Å². The van der Waals surface area contributed by atoms with Gasteiger partial charge in [0.2, 0.25) is 0 Å². The van der Waals surface area contributed by atoms with Crippen molar-refractivity contribution in [2.75, 3.05) is 18.1 Å². The van der Waals surface area contributed by atoms with Crippen LogP contribution in [0.2, 0.25) is 0 Å². The molecule has 2 saturated heterocycles. The summed E-state index contributed by atoms with van der Waals surface area (Å²) in [5.41, 5.74) is -0.238. The fourth-order valence-electron chi connectivity index (χ4n) is 2.07. The highest BCUT2D eigenvalue weighted by Crippen LogP contribution is 2.35. The minimum absolute atomic E-state index is 0.238. The molecular weight excluding hydrogens is 186 g/mol. The van der Waals surface area contributed by atoms with Gasteiger partial charge in [-0.1, -0.05) is 0 Å². The summed E-state index contributed by atoms with van der Waals surface area (Å²) in [6.45, 7) is 2.73. The molecular formula is C9H15NO2S. The van der Waals surface area contributed by atoms with Crippen molar-refractivity contribution < 1.29 is 9.53 Å². The summed E-state index contributed by atoms with van der Waals surface area (Å²) in [6, 6.07) is 0. The first-order valence-electron chi connectivity index (χ1n) is 4.75. The molecule has 74 valence electrons. The zero-order chi connectivity index (χ0) is 9.31. The summed E-state index contributed by atoms with van der Waals surface area (Å²) >= 11 is 2.00. The number of nitrogens with one attached hydrogen (secondary N) is 1. The van der Waals surface area contributed by atoms with E-state index in [1.54, 1.807) is 0 Å². The Kier molecular flexibility index (Phi) is 2.41. The Bertz CT molecular complexity index is 216. The summed E-state index contributed by atoms with van der Waals surface area (Å²) in [5, 5.41) is 2.74. The summed E-state index contributed by atoms with van der Waals surface area (Å²) in [4.78, 5) is 11.0. The van der Waals surface area contributed by atoms with E-state index in [1.807, 2.05) is 18.7 Å². The maximum atomic E-state index is 11.0. The molecule has 0 spiro atoms. The second kappa shape index (κ2) is 3.40. The number of cyclic esters (lactones) is 1. The second-order valence-corrected chi connectivity index (χ2v) is 5.17. The lowest BCUT2D eigenvalue weighted by atomic mass is 9.85. The molecule has 1 atom stereocenters. The molecule has 2 rings (SSSR count). The van der Waals surface area contributed by atoms with Crippen molar-refractivity contribution in [2.24, 2.45) is 5.92 Å². The van der Waals surface area contributed by atoms with Crippen molar-refractivity contribution in [3.8, 4) is 0 Å². The Balaban J connectivity index is 2.01. The molecule has 1 amide bonds. The minimum atomic E-state index is -0.249. The Morgan fingerprint density at radius 2 is 2.23 bits per heavy atom. The maximum Gasteiger partial charge on any atom is 0.407 e. The third-order valence-corrected chi connectivity index (χ3v) is 4.04. The topological polar surface area (TPSA) is 38.3 Å². The Morgan fingerprint density at radius 3 is 2.77 bits per heavy atom. The van der Waals surface area contributed by atoms with Gasteiger partial charge in [-0.3, -0.25) is 0 Å². The predicted octanol–water partition coefficient (Wildman–Crippen LogP) is 1.63. The van der Waals surface area contributed by atoms with Crippen LogP contribution in [0.25, 0.3) is 0 Å². The van der Waals surface area contributed by atoms with Crippen molar-refractivity contribution in [1.29, 1.82) is 0 Å². The third-order valence-electron chi connectivity index (χ3n) is 2.99. The molecule has 0 aromatic rings. The quantitative estimate of drug-likeness (QED) is 0.700. The molecule has 2 aliphatic heterocycles. The summed E-state index contributed by atoms with van der Waals surface area (Å²) in [5.74, 6) is 2.96. The lowest BCUT2D eigenvalue weighted by Gasteiger charge is -2.33. The molecule has 13 heavy (non-hydrogen) atoms. The van der Waals surface area contributed by atoms with Gasteiger partial charge in [-0.05, 0) is 31.3 Å². The number of hydrogen-bond acceptors (Lipinski definition) is 3. The second-order valence-electron chi connectivity index (χ2n) is 3.94. The van der Waals surface area contributed by atoms with Crippen molar-refractivity contribution >= 4 is 17.9 Å². The molecule has 0 aromatic carbocycles. The third kappa shape index (κ3) is 1.77. The van der Waals surface area contributed by atoms with Crippen molar-refractivity contribution in [1.82, 2.24) is 5.32 Å². The zero-order valence-electron chi connectivity index (χ0n) is 7.84. The molecule has 0 bridgehead atoms. The lowest BCUT2D eigenvalue weighted by Crippen LogP contribution is -2.40. The first kappa shape index (κ1) is 9.19. The van der Waals surface area contributed by atoms with Gasteiger partial charge in [0.25, 0.3) is 0 Å². The van der Waals surface area contributed by atoms with E-state index >= 15 is 0 Å². The number of carbonyl (C=O) groups is 1. The molecule has 0 radical (unpaired) electrons. The molecule has 0 aliphatic carbocycles. The molecule has 2 aliphatic rings. The fourth-order valence-corrected chi connectivity index (χ4v) is 3.17. The first-order valence-corrected chi connectivity index (χ1v) is 5.91. The van der Waals surface area contributed by atoms with E-state index in [9.17, 15) is 4.79 Å². The van der Waals surface area contributed by atoms with Crippen molar-refractivity contribution in [3.05, 3.63) is 0 Å². The highest BCUT2D eigenvalue weighted by atomic mass is 32.2. The van der Waals surface area contributed by atoms with Crippen molar-refractivity contribution in [3.63, 3.8) is 0 Å². The van der Waals surface area contributed by atoms with Crippen LogP contribution in [0.3, 0.4) is 0 Å². The van der Waals surface area contributed by atoms with Crippen LogP contribution in [0.15, 0.2) is 0 Å². The number of ether oxygens (including phenoxy) is 1. The summed E-state index contributed by atoms with van der Waals surface area (Å²) in [7, 11) is 0. The smallest absolute Gasteiger partial charge is 0.407 e. The molecule has 0 aromatic heterocycles. The van der Waals surface area contributed by atoms with Gasteiger partial charge in [0.15, 0.2) is 0 Å². The number of carbonyl (C=O) groups excluding carboxylic acids is 1. The summed E-state index contributed by atoms with van der Waals surface area (Å²) in [6.07, 6.45) is 2.10. The van der Waals surface area contributed by atoms with E-state index in [1.165, 1.54) is 24.3 Å². The van der Waals surface area contributed by atoms with E-state index in [2.05, 4.69) is 5.32 Å². The van der Waals surface area contributed by atoms with E-state index in [-0.39, 0.29) is 11.7 Å². The van der Waals surface area contributed by atoms with Gasteiger partial charge in [-0.25, -0.2) is 4.79 Å². The highest BCUT2D eigenvalue weighted by molar-refractivity contribution is 7.99. The van der Waals surface area contributed by atoms with Gasteiger partial charge >= 0.3 is 6.09 Å². The van der Waals surface area contributed by atoms with E-state index < -0.39 is 0 Å². The molecule has 2 fully saturated rings. The van der Waals surface area contributed by atoms with Gasteiger partial charge in [-0.15, -0.1) is 0 Å². The average molecular weight is 201 g/mol. The maximum absolute atomic E-state index is 11.0. The van der Waals surface area contributed by atoms with Gasteiger partial charge in [0, 0.05) is 5.92 Å². The van der Waals surface area contributed by atoms with E-state index in [0.717, 1.165) is 0 Å². The number of amides is 1. The van der Waals surface area contributed by atoms with E-state index in [0.29, 0.717) is 12.5 Å². The van der Waals surface area contributed by atoms with Crippen LogP contribution in [0.5, 0.6) is 0 Å². The first-order chi connectivity index (χ1) is 6.21. The monoisotopic (exact) mass is 201 g/mol. The molecule has 3 nitrogen and oxygen atoms in total. The van der Waals surface area contributed by atoms with Crippen LogP contribution in [0.1, 0.15) is 19.8 Å². The van der Waals surface area contributed by atoms with Crippen LogP contribution in [-0.4, -0.2) is 29.7 Å². The zero-order valence-corrected chi connectivity index (χ0v) is 8.65.